The number of carbonyl (C=O) groups excluding carboxylic acids is 1. The first-order valence-corrected chi connectivity index (χ1v) is 10.1. The number of aromatic nitrogens is 5. The molecular formula is C22H20ClN7O2. The number of aryl methyl sites for hydroxylation is 1. The zero-order valence-electron chi connectivity index (χ0n) is 17.2. The van der Waals surface area contributed by atoms with Gasteiger partial charge in [-0.25, -0.2) is 19.7 Å². The van der Waals surface area contributed by atoms with Crippen LogP contribution in [0.5, 0.6) is 0 Å². The summed E-state index contributed by atoms with van der Waals surface area (Å²) >= 11 is 6.08. The van der Waals surface area contributed by atoms with E-state index >= 15 is 0 Å². The Morgan fingerprint density at radius 2 is 1.88 bits per heavy atom. The van der Waals surface area contributed by atoms with Crippen LogP contribution in [-0.4, -0.2) is 30.7 Å². The maximum absolute atomic E-state index is 13.1. The second-order valence-electron chi connectivity index (χ2n) is 7.06. The van der Waals surface area contributed by atoms with E-state index in [1.54, 1.807) is 31.4 Å². The van der Waals surface area contributed by atoms with Crippen LogP contribution in [-0.2, 0) is 24.8 Å². The van der Waals surface area contributed by atoms with Crippen LogP contribution in [0.3, 0.4) is 0 Å². The van der Waals surface area contributed by atoms with E-state index in [0.29, 0.717) is 34.9 Å². The van der Waals surface area contributed by atoms with E-state index in [1.165, 1.54) is 4.68 Å². The fourth-order valence-corrected chi connectivity index (χ4v) is 3.54. The lowest BCUT2D eigenvalue weighted by Gasteiger charge is -2.09. The summed E-state index contributed by atoms with van der Waals surface area (Å²) in [6, 6.07) is 14.7. The van der Waals surface area contributed by atoms with Crippen molar-refractivity contribution in [3.63, 3.8) is 0 Å². The Labute approximate surface area is 189 Å². The molecule has 0 saturated heterocycles. The summed E-state index contributed by atoms with van der Waals surface area (Å²) in [5.74, 6) is -0.159. The minimum Gasteiger partial charge on any atom is -0.456 e. The summed E-state index contributed by atoms with van der Waals surface area (Å²) in [4.78, 5) is 25.2. The summed E-state index contributed by atoms with van der Waals surface area (Å²) in [7, 11) is 1.67. The van der Waals surface area contributed by atoms with Gasteiger partial charge in [0.15, 0.2) is 0 Å². The van der Waals surface area contributed by atoms with E-state index in [4.69, 9.17) is 27.8 Å². The first kappa shape index (κ1) is 21.3. The number of nitrogens with two attached hydrogens (primary N) is 2. The van der Waals surface area contributed by atoms with Gasteiger partial charge in [-0.3, -0.25) is 4.68 Å². The Bertz CT molecular complexity index is 1250. The number of rotatable bonds is 6. The molecule has 3 heterocycles. The van der Waals surface area contributed by atoms with E-state index in [0.717, 1.165) is 11.1 Å². The lowest BCUT2D eigenvalue weighted by Crippen LogP contribution is -2.13. The average molecular weight is 450 g/mol. The molecule has 0 aliphatic heterocycles. The molecule has 0 unspecified atom stereocenters. The van der Waals surface area contributed by atoms with E-state index in [1.807, 2.05) is 30.3 Å². The first-order chi connectivity index (χ1) is 15.4. The molecule has 0 atom stereocenters. The Kier molecular flexibility index (Phi) is 6.00. The van der Waals surface area contributed by atoms with Crippen molar-refractivity contribution in [3.8, 4) is 11.4 Å². The molecule has 4 N–H and O–H groups in total. The van der Waals surface area contributed by atoms with E-state index in [2.05, 4.69) is 20.1 Å². The predicted octanol–water partition coefficient (Wildman–Crippen LogP) is 3.04. The Morgan fingerprint density at radius 3 is 2.59 bits per heavy atom. The van der Waals surface area contributed by atoms with Crippen molar-refractivity contribution in [1.82, 2.24) is 24.7 Å². The van der Waals surface area contributed by atoms with Crippen LogP contribution in [0, 0.1) is 0 Å². The highest BCUT2D eigenvalue weighted by Crippen LogP contribution is 2.29. The number of halogens is 1. The normalized spacial score (nSPS) is 10.8. The van der Waals surface area contributed by atoms with Gasteiger partial charge in [0, 0.05) is 31.3 Å². The number of ether oxygens (including phenoxy) is 1. The molecule has 10 heteroatoms. The minimum absolute atomic E-state index is 0.0169. The van der Waals surface area contributed by atoms with E-state index in [-0.39, 0.29) is 17.7 Å². The van der Waals surface area contributed by atoms with Gasteiger partial charge in [0.2, 0.25) is 5.95 Å². The summed E-state index contributed by atoms with van der Waals surface area (Å²) < 4.78 is 7.03. The second kappa shape index (κ2) is 9.03. The van der Waals surface area contributed by atoms with Gasteiger partial charge in [-0.2, -0.15) is 5.10 Å². The van der Waals surface area contributed by atoms with Crippen molar-refractivity contribution >= 4 is 29.3 Å². The van der Waals surface area contributed by atoms with Crippen LogP contribution in [0.2, 0.25) is 5.15 Å². The number of esters is 1. The third-order valence-corrected chi connectivity index (χ3v) is 4.93. The SMILES string of the molecule is Cn1nc(-c2cc(Cl)nc(N)n2)c(Cc2ccccc2)c1C(=O)OCc1ccnc(N)c1. The summed E-state index contributed by atoms with van der Waals surface area (Å²) in [5, 5.41) is 4.71. The quantitative estimate of drug-likeness (QED) is 0.338. The molecule has 162 valence electrons. The van der Waals surface area contributed by atoms with Gasteiger partial charge < -0.3 is 16.2 Å². The standard InChI is InChI=1S/C22H20ClN7O2/c1-30-20(21(31)32-12-14-7-8-26-18(24)10-14)15(9-13-5-3-2-4-6-13)19(29-30)16-11-17(23)28-22(25)27-16/h2-8,10-11H,9,12H2,1H3,(H2,24,26)(H2,25,27,28). The molecule has 0 spiro atoms. The highest BCUT2D eigenvalue weighted by molar-refractivity contribution is 6.29. The first-order valence-electron chi connectivity index (χ1n) is 9.68. The molecule has 4 rings (SSSR count). The lowest BCUT2D eigenvalue weighted by atomic mass is 10.0. The Balaban J connectivity index is 1.73. The molecule has 0 saturated carbocycles. The number of nitrogen functional groups attached to an aromatic ring is 2. The Morgan fingerprint density at radius 1 is 1.09 bits per heavy atom. The van der Waals surface area contributed by atoms with Crippen LogP contribution in [0.25, 0.3) is 11.4 Å². The van der Waals surface area contributed by atoms with Crippen molar-refractivity contribution in [2.24, 2.45) is 7.05 Å². The number of benzene rings is 1. The monoisotopic (exact) mass is 449 g/mol. The summed E-state index contributed by atoms with van der Waals surface area (Å²) in [6.45, 7) is 0.0448. The molecule has 9 nitrogen and oxygen atoms in total. The molecule has 0 bridgehead atoms. The van der Waals surface area contributed by atoms with Gasteiger partial charge in [0.25, 0.3) is 0 Å². The molecule has 0 aliphatic rings. The maximum Gasteiger partial charge on any atom is 0.357 e. The third kappa shape index (κ3) is 4.68. The maximum atomic E-state index is 13.1. The lowest BCUT2D eigenvalue weighted by molar-refractivity contribution is 0.0458. The molecule has 0 aliphatic carbocycles. The van der Waals surface area contributed by atoms with E-state index < -0.39 is 5.97 Å². The van der Waals surface area contributed by atoms with Crippen LogP contribution in [0.1, 0.15) is 27.2 Å². The van der Waals surface area contributed by atoms with Gasteiger partial charge in [-0.15, -0.1) is 0 Å². The fraction of sp³-hybridized carbons (Fsp3) is 0.136. The summed E-state index contributed by atoms with van der Waals surface area (Å²) in [5.41, 5.74) is 15.1. The number of hydrogen-bond acceptors (Lipinski definition) is 8. The third-order valence-electron chi connectivity index (χ3n) is 4.73. The largest absolute Gasteiger partial charge is 0.456 e. The number of anilines is 2. The average Bonchev–Trinajstić information content (AvgIpc) is 3.08. The van der Waals surface area contributed by atoms with E-state index in [9.17, 15) is 4.79 Å². The Hall–Kier alpha value is -3.98. The smallest absolute Gasteiger partial charge is 0.357 e. The fourth-order valence-electron chi connectivity index (χ4n) is 3.35. The molecule has 0 radical (unpaired) electrons. The predicted molar refractivity (Wildman–Crippen MR) is 121 cm³/mol. The minimum atomic E-state index is -0.527. The van der Waals surface area contributed by atoms with Crippen molar-refractivity contribution < 1.29 is 9.53 Å². The highest BCUT2D eigenvalue weighted by atomic mass is 35.5. The number of nitrogens with zero attached hydrogens (tertiary/aromatic N) is 5. The number of pyridine rings is 1. The van der Waals surface area contributed by atoms with Crippen molar-refractivity contribution in [1.29, 1.82) is 0 Å². The van der Waals surface area contributed by atoms with Gasteiger partial charge >= 0.3 is 5.97 Å². The van der Waals surface area contributed by atoms with Crippen molar-refractivity contribution in [2.75, 3.05) is 11.5 Å². The van der Waals surface area contributed by atoms with Crippen LogP contribution in [0.15, 0.2) is 54.7 Å². The molecule has 0 fully saturated rings. The number of hydrogen-bond donors (Lipinski definition) is 2. The van der Waals surface area contributed by atoms with Gasteiger partial charge in [-0.05, 0) is 23.3 Å². The summed E-state index contributed by atoms with van der Waals surface area (Å²) in [6.07, 6.45) is 1.99. The van der Waals surface area contributed by atoms with Gasteiger partial charge in [0.05, 0.1) is 5.69 Å². The van der Waals surface area contributed by atoms with Crippen LogP contribution >= 0.6 is 11.6 Å². The highest BCUT2D eigenvalue weighted by Gasteiger charge is 2.25. The van der Waals surface area contributed by atoms with Gasteiger partial charge in [-0.1, -0.05) is 41.9 Å². The topological polar surface area (TPSA) is 135 Å². The van der Waals surface area contributed by atoms with Crippen LogP contribution < -0.4 is 11.5 Å². The van der Waals surface area contributed by atoms with Crippen molar-refractivity contribution in [3.05, 3.63) is 82.3 Å². The molecule has 4 aromatic rings. The zero-order chi connectivity index (χ0) is 22.7. The second-order valence-corrected chi connectivity index (χ2v) is 7.45. The van der Waals surface area contributed by atoms with Gasteiger partial charge in [0.1, 0.15) is 29.0 Å². The van der Waals surface area contributed by atoms with Crippen LogP contribution in [0.4, 0.5) is 11.8 Å². The molecule has 1 aromatic carbocycles. The molecular weight excluding hydrogens is 430 g/mol. The molecule has 32 heavy (non-hydrogen) atoms. The molecule has 3 aromatic heterocycles. The zero-order valence-corrected chi connectivity index (χ0v) is 18.0. The number of carbonyl (C=O) groups is 1. The van der Waals surface area contributed by atoms with Crippen molar-refractivity contribution in [2.45, 2.75) is 13.0 Å². The molecule has 0 amide bonds.